The number of hydrogen-bond donors (Lipinski definition) is 1. The number of rotatable bonds is 3. The van der Waals surface area contributed by atoms with Gasteiger partial charge in [0.15, 0.2) is 0 Å². The molecule has 5 nitrogen and oxygen atoms in total. The molecule has 0 aliphatic carbocycles. The standard InChI is InChI=1S/C10H14ClN5S/c11-8-5-13-10(14-6-8)16-3-1-15(2-4-16)7-9(12)17/h5-6H,1-4,7H2,(H2,12,17). The number of anilines is 1. The first kappa shape index (κ1) is 12.5. The molecule has 1 fully saturated rings. The Hall–Kier alpha value is -0.980. The lowest BCUT2D eigenvalue weighted by atomic mass is 10.3. The van der Waals surface area contributed by atoms with Gasteiger partial charge in [0.25, 0.3) is 0 Å². The van der Waals surface area contributed by atoms with E-state index in [2.05, 4.69) is 19.8 Å². The lowest BCUT2D eigenvalue weighted by Crippen LogP contribution is -2.49. The van der Waals surface area contributed by atoms with Crippen LogP contribution < -0.4 is 10.6 Å². The molecule has 1 aromatic rings. The zero-order valence-electron chi connectivity index (χ0n) is 9.34. The molecule has 2 rings (SSSR count). The SMILES string of the molecule is NC(=S)CN1CCN(c2ncc(Cl)cn2)CC1. The molecule has 0 unspecified atom stereocenters. The topological polar surface area (TPSA) is 58.3 Å². The number of aromatic nitrogens is 2. The fourth-order valence-electron chi connectivity index (χ4n) is 1.80. The van der Waals surface area contributed by atoms with E-state index in [0.29, 0.717) is 16.6 Å². The summed E-state index contributed by atoms with van der Waals surface area (Å²) in [7, 11) is 0. The van der Waals surface area contributed by atoms with Gasteiger partial charge in [-0.1, -0.05) is 23.8 Å². The summed E-state index contributed by atoms with van der Waals surface area (Å²) in [5.74, 6) is 0.726. The van der Waals surface area contributed by atoms with Crippen LogP contribution in [0.4, 0.5) is 5.95 Å². The van der Waals surface area contributed by atoms with Crippen molar-refractivity contribution in [3.8, 4) is 0 Å². The van der Waals surface area contributed by atoms with Crippen LogP contribution in [0.1, 0.15) is 0 Å². The molecule has 2 N–H and O–H groups in total. The highest BCUT2D eigenvalue weighted by Crippen LogP contribution is 2.12. The molecule has 0 bridgehead atoms. The Morgan fingerprint density at radius 2 is 1.88 bits per heavy atom. The number of hydrogen-bond acceptors (Lipinski definition) is 5. The van der Waals surface area contributed by atoms with E-state index in [1.807, 2.05) is 0 Å². The minimum absolute atomic E-state index is 0.543. The van der Waals surface area contributed by atoms with E-state index in [9.17, 15) is 0 Å². The third kappa shape index (κ3) is 3.49. The van der Waals surface area contributed by atoms with Gasteiger partial charge in [-0.25, -0.2) is 9.97 Å². The molecule has 0 aromatic carbocycles. The quantitative estimate of drug-likeness (QED) is 0.810. The molecule has 0 atom stereocenters. The van der Waals surface area contributed by atoms with Gasteiger partial charge in [-0.3, -0.25) is 4.90 Å². The minimum atomic E-state index is 0.543. The van der Waals surface area contributed by atoms with Gasteiger partial charge in [0, 0.05) is 32.7 Å². The normalized spacial score (nSPS) is 17.1. The van der Waals surface area contributed by atoms with Gasteiger partial charge < -0.3 is 10.6 Å². The molecule has 92 valence electrons. The van der Waals surface area contributed by atoms with Crippen molar-refractivity contribution < 1.29 is 0 Å². The average molecular weight is 272 g/mol. The first-order chi connectivity index (χ1) is 8.15. The summed E-state index contributed by atoms with van der Waals surface area (Å²) in [6, 6.07) is 0. The molecule has 0 spiro atoms. The summed E-state index contributed by atoms with van der Waals surface area (Å²) in [6.07, 6.45) is 3.23. The molecule has 0 radical (unpaired) electrons. The molecule has 2 heterocycles. The first-order valence-electron chi connectivity index (χ1n) is 5.38. The molecule has 1 aromatic heterocycles. The van der Waals surface area contributed by atoms with Crippen molar-refractivity contribution in [2.45, 2.75) is 0 Å². The van der Waals surface area contributed by atoms with E-state index in [0.717, 1.165) is 32.1 Å². The number of nitrogens with two attached hydrogens (primary N) is 1. The van der Waals surface area contributed by atoms with Crippen LogP contribution in [0.2, 0.25) is 5.02 Å². The van der Waals surface area contributed by atoms with Crippen molar-refractivity contribution in [1.82, 2.24) is 14.9 Å². The number of thiocarbonyl (C=S) groups is 1. The highest BCUT2D eigenvalue weighted by Gasteiger charge is 2.18. The fourth-order valence-corrected chi connectivity index (χ4v) is 2.08. The highest BCUT2D eigenvalue weighted by atomic mass is 35.5. The highest BCUT2D eigenvalue weighted by molar-refractivity contribution is 7.80. The zero-order valence-corrected chi connectivity index (χ0v) is 10.9. The molecule has 1 saturated heterocycles. The van der Waals surface area contributed by atoms with Gasteiger partial charge in [0.1, 0.15) is 0 Å². The van der Waals surface area contributed by atoms with Crippen LogP contribution in [0.25, 0.3) is 0 Å². The number of halogens is 1. The van der Waals surface area contributed by atoms with Gasteiger partial charge >= 0.3 is 0 Å². The summed E-state index contributed by atoms with van der Waals surface area (Å²) in [5, 5.41) is 0.556. The third-order valence-electron chi connectivity index (χ3n) is 2.64. The van der Waals surface area contributed by atoms with Crippen molar-refractivity contribution in [3.63, 3.8) is 0 Å². The number of nitrogens with zero attached hydrogens (tertiary/aromatic N) is 4. The molecule has 0 amide bonds. The Kier molecular flexibility index (Phi) is 4.09. The lowest BCUT2D eigenvalue weighted by molar-refractivity contribution is 0.291. The van der Waals surface area contributed by atoms with Crippen LogP contribution in [-0.4, -0.2) is 52.6 Å². The largest absolute Gasteiger partial charge is 0.392 e. The Morgan fingerprint density at radius 3 is 2.41 bits per heavy atom. The van der Waals surface area contributed by atoms with Crippen LogP contribution in [0.3, 0.4) is 0 Å². The Bertz CT molecular complexity index is 388. The first-order valence-corrected chi connectivity index (χ1v) is 6.17. The van der Waals surface area contributed by atoms with Crippen LogP contribution in [0, 0.1) is 0 Å². The zero-order chi connectivity index (χ0) is 12.3. The second kappa shape index (κ2) is 5.57. The fraction of sp³-hybridized carbons (Fsp3) is 0.500. The second-order valence-corrected chi connectivity index (χ2v) is 4.89. The minimum Gasteiger partial charge on any atom is -0.392 e. The van der Waals surface area contributed by atoms with E-state index >= 15 is 0 Å². The van der Waals surface area contributed by atoms with Crippen molar-refractivity contribution >= 4 is 34.8 Å². The molecule has 1 aliphatic heterocycles. The maximum Gasteiger partial charge on any atom is 0.225 e. The van der Waals surface area contributed by atoms with E-state index in [-0.39, 0.29) is 0 Å². The van der Waals surface area contributed by atoms with Crippen molar-refractivity contribution in [1.29, 1.82) is 0 Å². The average Bonchev–Trinajstić information content (AvgIpc) is 2.30. The predicted octanol–water partition coefficient (Wildman–Crippen LogP) is 0.538. The van der Waals surface area contributed by atoms with Crippen molar-refractivity contribution in [3.05, 3.63) is 17.4 Å². The van der Waals surface area contributed by atoms with Gasteiger partial charge in [-0.05, 0) is 0 Å². The molecule has 1 aliphatic rings. The van der Waals surface area contributed by atoms with E-state index in [1.54, 1.807) is 12.4 Å². The van der Waals surface area contributed by atoms with E-state index < -0.39 is 0 Å². The summed E-state index contributed by atoms with van der Waals surface area (Å²) in [5.41, 5.74) is 5.52. The Balaban J connectivity index is 1.90. The van der Waals surface area contributed by atoms with Gasteiger partial charge in [-0.15, -0.1) is 0 Å². The van der Waals surface area contributed by atoms with Gasteiger partial charge in [0.05, 0.1) is 22.4 Å². The van der Waals surface area contributed by atoms with E-state index in [4.69, 9.17) is 29.6 Å². The van der Waals surface area contributed by atoms with E-state index in [1.165, 1.54) is 0 Å². The molecular weight excluding hydrogens is 258 g/mol. The van der Waals surface area contributed by atoms with Crippen LogP contribution >= 0.6 is 23.8 Å². The summed E-state index contributed by atoms with van der Waals surface area (Å²) < 4.78 is 0. The predicted molar refractivity (Wildman–Crippen MR) is 72.5 cm³/mol. The maximum absolute atomic E-state index is 5.75. The molecular formula is C10H14ClN5S. The van der Waals surface area contributed by atoms with Crippen LogP contribution in [-0.2, 0) is 0 Å². The third-order valence-corrected chi connectivity index (χ3v) is 2.97. The van der Waals surface area contributed by atoms with Crippen molar-refractivity contribution in [2.75, 3.05) is 37.6 Å². The monoisotopic (exact) mass is 271 g/mol. The smallest absolute Gasteiger partial charge is 0.225 e. The number of piperazine rings is 1. The maximum atomic E-state index is 5.75. The van der Waals surface area contributed by atoms with Gasteiger partial charge in [0.2, 0.25) is 5.95 Å². The van der Waals surface area contributed by atoms with Gasteiger partial charge in [-0.2, -0.15) is 0 Å². The summed E-state index contributed by atoms with van der Waals surface area (Å²) in [4.78, 5) is 13.3. The summed E-state index contributed by atoms with van der Waals surface area (Å²) in [6.45, 7) is 4.28. The van der Waals surface area contributed by atoms with Crippen LogP contribution in [0.5, 0.6) is 0 Å². The second-order valence-electron chi connectivity index (χ2n) is 3.93. The van der Waals surface area contributed by atoms with Crippen molar-refractivity contribution in [2.24, 2.45) is 5.73 Å². The summed E-state index contributed by atoms with van der Waals surface area (Å²) >= 11 is 10.6. The van der Waals surface area contributed by atoms with Crippen LogP contribution in [0.15, 0.2) is 12.4 Å². The molecule has 17 heavy (non-hydrogen) atoms. The molecule has 0 saturated carbocycles. The Labute approximate surface area is 111 Å². The Morgan fingerprint density at radius 1 is 1.29 bits per heavy atom. The molecule has 7 heteroatoms. The lowest BCUT2D eigenvalue weighted by Gasteiger charge is -2.34.